The second-order valence-electron chi connectivity index (χ2n) is 7.45. The predicted octanol–water partition coefficient (Wildman–Crippen LogP) is 2.74. The number of hydrogen-bond acceptors (Lipinski definition) is 2. The average Bonchev–Trinajstić information content (AvgIpc) is 3.01. The summed E-state index contributed by atoms with van der Waals surface area (Å²) >= 11 is 0. The first kappa shape index (κ1) is 13.4. The maximum atomic E-state index is 3.82. The Kier molecular flexibility index (Phi) is 4.14. The highest BCUT2D eigenvalue weighted by Crippen LogP contribution is 2.44. The second-order valence-corrected chi connectivity index (χ2v) is 7.45. The van der Waals surface area contributed by atoms with Crippen LogP contribution in [0.3, 0.4) is 0 Å². The largest absolute Gasteiger partial charge is 0.312 e. The van der Waals surface area contributed by atoms with Gasteiger partial charge in [0.15, 0.2) is 0 Å². The summed E-state index contributed by atoms with van der Waals surface area (Å²) in [5, 5.41) is 3.82. The van der Waals surface area contributed by atoms with Gasteiger partial charge in [-0.2, -0.15) is 0 Å². The molecule has 0 bridgehead atoms. The molecule has 0 saturated heterocycles. The van der Waals surface area contributed by atoms with E-state index in [1.54, 1.807) is 0 Å². The lowest BCUT2D eigenvalue weighted by Gasteiger charge is -2.27. The summed E-state index contributed by atoms with van der Waals surface area (Å²) in [5.74, 6) is 2.05. The number of likely N-dealkylation sites (N-methyl/N-ethyl adjacent to an activating group) is 1. The minimum absolute atomic E-state index is 0.418. The predicted molar refractivity (Wildman–Crippen MR) is 74.2 cm³/mol. The zero-order valence-electron chi connectivity index (χ0n) is 12.1. The molecule has 2 heteroatoms. The first-order chi connectivity index (χ1) is 7.96. The maximum Gasteiger partial charge on any atom is 0.0124 e. The van der Waals surface area contributed by atoms with Gasteiger partial charge in [-0.15, -0.1) is 0 Å². The van der Waals surface area contributed by atoms with Crippen LogP contribution in [0.1, 0.15) is 46.5 Å². The summed E-state index contributed by atoms with van der Waals surface area (Å²) in [6.07, 6.45) is 5.91. The van der Waals surface area contributed by atoms with E-state index in [0.717, 1.165) is 17.9 Å². The lowest BCUT2D eigenvalue weighted by molar-refractivity contribution is 0.222. The van der Waals surface area contributed by atoms with Crippen molar-refractivity contribution in [2.45, 2.75) is 52.5 Å². The second kappa shape index (κ2) is 5.27. The van der Waals surface area contributed by atoms with Crippen molar-refractivity contribution in [3.63, 3.8) is 0 Å². The molecule has 2 aliphatic carbocycles. The van der Waals surface area contributed by atoms with Crippen molar-refractivity contribution in [2.24, 2.45) is 17.3 Å². The van der Waals surface area contributed by atoms with Crippen molar-refractivity contribution >= 4 is 0 Å². The van der Waals surface area contributed by atoms with E-state index < -0.39 is 0 Å². The van der Waals surface area contributed by atoms with Crippen LogP contribution in [-0.2, 0) is 0 Å². The maximum absolute atomic E-state index is 3.82. The highest BCUT2D eigenvalue weighted by molar-refractivity contribution is 4.96. The minimum Gasteiger partial charge on any atom is -0.312 e. The lowest BCUT2D eigenvalue weighted by atomic mass is 9.96. The first-order valence-electron chi connectivity index (χ1n) is 7.38. The van der Waals surface area contributed by atoms with Gasteiger partial charge in [-0.1, -0.05) is 20.8 Å². The summed E-state index contributed by atoms with van der Waals surface area (Å²) < 4.78 is 0. The van der Waals surface area contributed by atoms with Crippen LogP contribution in [0.4, 0.5) is 0 Å². The fourth-order valence-electron chi connectivity index (χ4n) is 2.94. The molecule has 0 aromatic rings. The van der Waals surface area contributed by atoms with E-state index in [2.05, 4.69) is 38.0 Å². The molecule has 2 aliphatic rings. The zero-order valence-corrected chi connectivity index (χ0v) is 12.1. The van der Waals surface area contributed by atoms with E-state index >= 15 is 0 Å². The van der Waals surface area contributed by atoms with E-state index in [4.69, 9.17) is 0 Å². The molecule has 0 radical (unpaired) electrons. The molecule has 0 unspecified atom stereocenters. The molecule has 2 saturated carbocycles. The van der Waals surface area contributed by atoms with Gasteiger partial charge >= 0.3 is 0 Å². The van der Waals surface area contributed by atoms with Crippen LogP contribution in [0.15, 0.2) is 0 Å². The minimum atomic E-state index is 0.418. The Hall–Kier alpha value is -0.0800. The van der Waals surface area contributed by atoms with Crippen LogP contribution in [-0.4, -0.2) is 37.6 Å². The van der Waals surface area contributed by atoms with Crippen LogP contribution in [0, 0.1) is 17.3 Å². The van der Waals surface area contributed by atoms with Crippen molar-refractivity contribution in [1.29, 1.82) is 0 Å². The average molecular weight is 238 g/mol. The summed E-state index contributed by atoms with van der Waals surface area (Å²) in [6, 6.07) is 0.859. The molecule has 0 amide bonds. The number of nitrogens with one attached hydrogen (secondary N) is 1. The van der Waals surface area contributed by atoms with Crippen molar-refractivity contribution < 1.29 is 0 Å². The van der Waals surface area contributed by atoms with Crippen LogP contribution in [0.2, 0.25) is 0 Å². The van der Waals surface area contributed by atoms with Crippen molar-refractivity contribution in [2.75, 3.05) is 26.7 Å². The molecular weight excluding hydrogens is 208 g/mol. The Bertz CT molecular complexity index is 224. The molecule has 2 nitrogen and oxygen atoms in total. The Balaban J connectivity index is 1.61. The lowest BCUT2D eigenvalue weighted by Crippen LogP contribution is -2.40. The summed E-state index contributed by atoms with van der Waals surface area (Å²) in [5.41, 5.74) is 0.418. The number of hydrogen-bond donors (Lipinski definition) is 1. The molecule has 0 aliphatic heterocycles. The third-order valence-corrected chi connectivity index (χ3v) is 3.88. The highest BCUT2D eigenvalue weighted by atomic mass is 15.1. The third kappa shape index (κ3) is 4.97. The van der Waals surface area contributed by atoms with Gasteiger partial charge < -0.3 is 10.2 Å². The topological polar surface area (TPSA) is 15.3 Å². The molecular formula is C15H30N2. The van der Waals surface area contributed by atoms with Crippen molar-refractivity contribution in [1.82, 2.24) is 10.2 Å². The number of nitrogens with zero attached hydrogens (tertiary/aromatic N) is 1. The normalized spacial score (nSPS) is 21.5. The Morgan fingerprint density at radius 3 is 2.06 bits per heavy atom. The third-order valence-electron chi connectivity index (χ3n) is 3.88. The van der Waals surface area contributed by atoms with Gasteiger partial charge in [0.2, 0.25) is 0 Å². The molecule has 17 heavy (non-hydrogen) atoms. The first-order valence-corrected chi connectivity index (χ1v) is 7.38. The molecule has 2 fully saturated rings. The summed E-state index contributed by atoms with van der Waals surface area (Å²) in [6.45, 7) is 10.5. The van der Waals surface area contributed by atoms with Crippen molar-refractivity contribution in [3.8, 4) is 0 Å². The van der Waals surface area contributed by atoms with Gasteiger partial charge in [0.05, 0.1) is 0 Å². The van der Waals surface area contributed by atoms with E-state index in [0.29, 0.717) is 5.41 Å². The Morgan fingerprint density at radius 1 is 1.12 bits per heavy atom. The Morgan fingerprint density at radius 2 is 1.65 bits per heavy atom. The van der Waals surface area contributed by atoms with Crippen LogP contribution in [0.25, 0.3) is 0 Å². The molecule has 0 spiro atoms. The van der Waals surface area contributed by atoms with Gasteiger partial charge in [0.25, 0.3) is 0 Å². The van der Waals surface area contributed by atoms with Crippen LogP contribution >= 0.6 is 0 Å². The van der Waals surface area contributed by atoms with E-state index in [1.807, 2.05) is 0 Å². The Labute approximate surface area is 107 Å². The quantitative estimate of drug-likeness (QED) is 0.733. The van der Waals surface area contributed by atoms with Crippen molar-refractivity contribution in [3.05, 3.63) is 0 Å². The fourth-order valence-corrected chi connectivity index (χ4v) is 2.94. The van der Waals surface area contributed by atoms with Gasteiger partial charge in [-0.25, -0.2) is 0 Å². The molecule has 100 valence electrons. The number of rotatable bonds is 7. The standard InChI is InChI=1S/C15H30N2/c1-15(2,3)11-17(4)10-9-16-14(12-5-6-12)13-7-8-13/h12-14,16H,5-11H2,1-4H3. The van der Waals surface area contributed by atoms with E-state index in [-0.39, 0.29) is 0 Å². The van der Waals surface area contributed by atoms with Crippen LogP contribution < -0.4 is 5.32 Å². The van der Waals surface area contributed by atoms with Gasteiger partial charge in [0, 0.05) is 25.7 Å². The molecule has 0 atom stereocenters. The van der Waals surface area contributed by atoms with Gasteiger partial charge in [0.1, 0.15) is 0 Å². The highest BCUT2D eigenvalue weighted by Gasteiger charge is 2.40. The molecule has 0 aromatic carbocycles. The molecule has 0 heterocycles. The van der Waals surface area contributed by atoms with Crippen LogP contribution in [0.5, 0.6) is 0 Å². The van der Waals surface area contributed by atoms with E-state index in [1.165, 1.54) is 45.3 Å². The summed E-state index contributed by atoms with van der Waals surface area (Å²) in [7, 11) is 2.25. The molecule has 2 rings (SSSR count). The van der Waals surface area contributed by atoms with Gasteiger partial charge in [-0.05, 0) is 50.0 Å². The monoisotopic (exact) mass is 238 g/mol. The SMILES string of the molecule is CN(CCNC(C1CC1)C1CC1)CC(C)(C)C. The van der Waals surface area contributed by atoms with Gasteiger partial charge in [-0.3, -0.25) is 0 Å². The molecule has 0 aromatic heterocycles. The van der Waals surface area contributed by atoms with E-state index in [9.17, 15) is 0 Å². The molecule has 1 N–H and O–H groups in total. The smallest absolute Gasteiger partial charge is 0.0124 e. The zero-order chi connectivity index (χ0) is 12.5. The summed E-state index contributed by atoms with van der Waals surface area (Å²) in [4.78, 5) is 2.46. The fraction of sp³-hybridized carbons (Fsp3) is 1.00.